The van der Waals surface area contributed by atoms with E-state index in [4.69, 9.17) is 10.2 Å². The van der Waals surface area contributed by atoms with Gasteiger partial charge in [0, 0.05) is 0 Å². The van der Waals surface area contributed by atoms with E-state index < -0.39 is 24.3 Å². The highest BCUT2D eigenvalue weighted by atomic mass is 16.4. The van der Waals surface area contributed by atoms with E-state index in [-0.39, 0.29) is 11.8 Å². The first-order valence-corrected chi connectivity index (χ1v) is 5.24. The fraction of sp³-hybridized carbons (Fsp3) is 0.800. The summed E-state index contributed by atoms with van der Waals surface area (Å²) < 4.78 is 0. The smallest absolute Gasteiger partial charge is 0.404 e. The van der Waals surface area contributed by atoms with Crippen molar-refractivity contribution >= 4 is 12.2 Å². The van der Waals surface area contributed by atoms with Gasteiger partial charge in [0.05, 0.1) is 12.1 Å². The zero-order valence-corrected chi connectivity index (χ0v) is 10.0. The van der Waals surface area contributed by atoms with Crippen molar-refractivity contribution in [3.63, 3.8) is 0 Å². The van der Waals surface area contributed by atoms with Crippen LogP contribution in [0.5, 0.6) is 0 Å². The van der Waals surface area contributed by atoms with Gasteiger partial charge in [-0.05, 0) is 11.8 Å². The zero-order valence-electron chi connectivity index (χ0n) is 10.0. The SMILES string of the molecule is CC(C)C(NC(=O)O)C(NC(=O)O)C(C)C. The number of rotatable bonds is 5. The molecule has 0 radical (unpaired) electrons. The predicted molar refractivity (Wildman–Crippen MR) is 59.6 cm³/mol. The number of hydrogen-bond acceptors (Lipinski definition) is 2. The summed E-state index contributed by atoms with van der Waals surface area (Å²) in [6.07, 6.45) is -2.28. The highest BCUT2D eigenvalue weighted by Gasteiger charge is 2.29. The molecule has 2 unspecified atom stereocenters. The summed E-state index contributed by atoms with van der Waals surface area (Å²) in [6.45, 7) is 7.39. The molecule has 0 spiro atoms. The molecule has 0 aliphatic heterocycles. The van der Waals surface area contributed by atoms with Gasteiger partial charge in [0.1, 0.15) is 0 Å². The van der Waals surface area contributed by atoms with Crippen molar-refractivity contribution in [1.82, 2.24) is 10.6 Å². The van der Waals surface area contributed by atoms with Gasteiger partial charge < -0.3 is 20.8 Å². The summed E-state index contributed by atoms with van der Waals surface area (Å²) in [4.78, 5) is 21.3. The predicted octanol–water partition coefficient (Wildman–Crippen LogP) is 1.57. The van der Waals surface area contributed by atoms with Crippen molar-refractivity contribution in [3.8, 4) is 0 Å². The molecule has 0 heterocycles. The molecule has 0 aliphatic rings. The average Bonchev–Trinajstić information content (AvgIpc) is 2.09. The Balaban J connectivity index is 4.79. The summed E-state index contributed by atoms with van der Waals surface area (Å²) >= 11 is 0. The summed E-state index contributed by atoms with van der Waals surface area (Å²) in [5.74, 6) is 0.0192. The molecule has 0 aromatic carbocycles. The van der Waals surface area contributed by atoms with Gasteiger partial charge in [0.15, 0.2) is 0 Å². The maximum absolute atomic E-state index is 10.6. The standard InChI is InChI=1S/C10H20N2O4/c1-5(2)7(11-9(13)14)8(6(3)4)12-10(15)16/h5-8,11-12H,1-4H3,(H,13,14)(H,15,16). The van der Waals surface area contributed by atoms with E-state index in [2.05, 4.69) is 10.6 Å². The molecule has 0 fully saturated rings. The van der Waals surface area contributed by atoms with Gasteiger partial charge >= 0.3 is 12.2 Å². The molecule has 0 rings (SSSR count). The van der Waals surface area contributed by atoms with Crippen LogP contribution in [-0.4, -0.2) is 34.5 Å². The lowest BCUT2D eigenvalue weighted by Crippen LogP contribution is -2.56. The molecule has 0 aliphatic carbocycles. The molecule has 0 saturated heterocycles. The lowest BCUT2D eigenvalue weighted by Gasteiger charge is -2.32. The molecule has 2 amide bonds. The van der Waals surface area contributed by atoms with Gasteiger partial charge in [-0.15, -0.1) is 0 Å². The normalized spacial score (nSPS) is 14.6. The highest BCUT2D eigenvalue weighted by Crippen LogP contribution is 2.14. The number of carbonyl (C=O) groups is 2. The Kier molecular flexibility index (Phi) is 5.63. The Hall–Kier alpha value is -1.46. The molecule has 0 aromatic rings. The van der Waals surface area contributed by atoms with Gasteiger partial charge in [0.2, 0.25) is 0 Å². The van der Waals surface area contributed by atoms with Crippen LogP contribution in [0.4, 0.5) is 9.59 Å². The summed E-state index contributed by atoms with van der Waals surface area (Å²) in [5, 5.41) is 22.1. The van der Waals surface area contributed by atoms with Crippen molar-refractivity contribution in [3.05, 3.63) is 0 Å². The van der Waals surface area contributed by atoms with E-state index in [1.807, 2.05) is 27.7 Å². The fourth-order valence-corrected chi connectivity index (χ4v) is 1.63. The molecule has 0 bridgehead atoms. The first-order valence-electron chi connectivity index (χ1n) is 5.24. The molecule has 16 heavy (non-hydrogen) atoms. The Labute approximate surface area is 95.0 Å². The molecule has 0 aromatic heterocycles. The second-order valence-corrected chi connectivity index (χ2v) is 4.44. The van der Waals surface area contributed by atoms with E-state index in [1.54, 1.807) is 0 Å². The van der Waals surface area contributed by atoms with Crippen LogP contribution < -0.4 is 10.6 Å². The van der Waals surface area contributed by atoms with Crippen molar-refractivity contribution < 1.29 is 19.8 Å². The lowest BCUT2D eigenvalue weighted by molar-refractivity contribution is 0.160. The van der Waals surface area contributed by atoms with E-state index in [9.17, 15) is 9.59 Å². The van der Waals surface area contributed by atoms with Crippen LogP contribution in [0.1, 0.15) is 27.7 Å². The average molecular weight is 232 g/mol. The van der Waals surface area contributed by atoms with Crippen molar-refractivity contribution in [2.45, 2.75) is 39.8 Å². The zero-order chi connectivity index (χ0) is 12.9. The minimum Gasteiger partial charge on any atom is -0.465 e. The minimum atomic E-state index is -1.14. The summed E-state index contributed by atoms with van der Waals surface area (Å²) in [5.41, 5.74) is 0. The quantitative estimate of drug-likeness (QED) is 0.578. The third-order valence-electron chi connectivity index (χ3n) is 2.40. The Morgan fingerprint density at radius 3 is 1.19 bits per heavy atom. The third kappa shape index (κ3) is 4.86. The highest BCUT2D eigenvalue weighted by molar-refractivity contribution is 5.67. The van der Waals surface area contributed by atoms with Crippen LogP contribution in [0.2, 0.25) is 0 Å². The van der Waals surface area contributed by atoms with Crippen LogP contribution >= 0.6 is 0 Å². The molecule has 6 heteroatoms. The van der Waals surface area contributed by atoms with Crippen LogP contribution in [0, 0.1) is 11.8 Å². The van der Waals surface area contributed by atoms with E-state index in [1.165, 1.54) is 0 Å². The number of nitrogens with one attached hydrogen (secondary N) is 2. The summed E-state index contributed by atoms with van der Waals surface area (Å²) in [6, 6.07) is -0.873. The molecule has 0 saturated carbocycles. The van der Waals surface area contributed by atoms with Crippen molar-refractivity contribution in [2.75, 3.05) is 0 Å². The molecule has 2 atom stereocenters. The van der Waals surface area contributed by atoms with Crippen molar-refractivity contribution in [2.24, 2.45) is 11.8 Å². The van der Waals surface area contributed by atoms with Crippen LogP contribution in [0.25, 0.3) is 0 Å². The second kappa shape index (κ2) is 6.19. The van der Waals surface area contributed by atoms with E-state index in [0.717, 1.165) is 0 Å². The molecule has 4 N–H and O–H groups in total. The first-order chi connectivity index (χ1) is 7.25. The lowest BCUT2D eigenvalue weighted by atomic mass is 9.89. The van der Waals surface area contributed by atoms with Crippen LogP contribution in [-0.2, 0) is 0 Å². The fourth-order valence-electron chi connectivity index (χ4n) is 1.63. The Bertz CT molecular complexity index is 227. The largest absolute Gasteiger partial charge is 0.465 e. The summed E-state index contributed by atoms with van der Waals surface area (Å²) in [7, 11) is 0. The van der Waals surface area contributed by atoms with Gasteiger partial charge in [-0.2, -0.15) is 0 Å². The van der Waals surface area contributed by atoms with Gasteiger partial charge in [0.25, 0.3) is 0 Å². The van der Waals surface area contributed by atoms with Crippen LogP contribution in [0.15, 0.2) is 0 Å². The maximum atomic E-state index is 10.6. The van der Waals surface area contributed by atoms with Crippen LogP contribution in [0.3, 0.4) is 0 Å². The number of hydrogen-bond donors (Lipinski definition) is 4. The molecule has 94 valence electrons. The monoisotopic (exact) mass is 232 g/mol. The van der Waals surface area contributed by atoms with Crippen molar-refractivity contribution in [1.29, 1.82) is 0 Å². The topological polar surface area (TPSA) is 98.7 Å². The second-order valence-electron chi connectivity index (χ2n) is 4.44. The Morgan fingerprint density at radius 2 is 1.06 bits per heavy atom. The molecular formula is C10H20N2O4. The number of carboxylic acid groups (broad SMARTS) is 2. The number of amides is 2. The van der Waals surface area contributed by atoms with Gasteiger partial charge in [-0.25, -0.2) is 9.59 Å². The van der Waals surface area contributed by atoms with Gasteiger partial charge in [-0.1, -0.05) is 27.7 Å². The minimum absolute atomic E-state index is 0.00958. The molecular weight excluding hydrogens is 212 g/mol. The Morgan fingerprint density at radius 1 is 0.812 bits per heavy atom. The van der Waals surface area contributed by atoms with E-state index >= 15 is 0 Å². The van der Waals surface area contributed by atoms with Gasteiger partial charge in [-0.3, -0.25) is 0 Å². The third-order valence-corrected chi connectivity index (χ3v) is 2.40. The maximum Gasteiger partial charge on any atom is 0.404 e. The molecule has 6 nitrogen and oxygen atoms in total. The first kappa shape index (κ1) is 14.5. The van der Waals surface area contributed by atoms with E-state index in [0.29, 0.717) is 0 Å².